The lowest BCUT2D eigenvalue weighted by molar-refractivity contribution is 0.488. The van der Waals surface area contributed by atoms with Gasteiger partial charge in [0.05, 0.1) is 6.20 Å². The van der Waals surface area contributed by atoms with Crippen LogP contribution in [-0.2, 0) is 0 Å². The summed E-state index contributed by atoms with van der Waals surface area (Å²) in [6.07, 6.45) is 10.8. The van der Waals surface area contributed by atoms with Gasteiger partial charge in [0, 0.05) is 55.6 Å². The largest absolute Gasteiger partial charge is 0.355 e. The van der Waals surface area contributed by atoms with Crippen LogP contribution in [0.25, 0.3) is 0 Å². The van der Waals surface area contributed by atoms with Crippen molar-refractivity contribution in [2.75, 3.05) is 23.3 Å². The van der Waals surface area contributed by atoms with Gasteiger partial charge >= 0.3 is 0 Å². The van der Waals surface area contributed by atoms with Gasteiger partial charge in [-0.1, -0.05) is 0 Å². The Kier molecular flexibility index (Phi) is 4.63. The molecule has 1 aliphatic heterocycles. The molecule has 0 saturated carbocycles. The van der Waals surface area contributed by atoms with Crippen LogP contribution in [0.1, 0.15) is 30.3 Å². The van der Waals surface area contributed by atoms with Crippen LogP contribution in [0.4, 0.5) is 17.6 Å². The van der Waals surface area contributed by atoms with Gasteiger partial charge in [-0.15, -0.1) is 0 Å². The fraction of sp³-hybridized carbons (Fsp3) is 0.333. The van der Waals surface area contributed by atoms with Crippen molar-refractivity contribution in [2.45, 2.75) is 25.7 Å². The van der Waals surface area contributed by atoms with Gasteiger partial charge in [-0.05, 0) is 25.8 Å². The number of aryl methyl sites for hydroxylation is 1. The fourth-order valence-electron chi connectivity index (χ4n) is 3.17. The maximum atomic E-state index is 4.72. The normalized spacial score (nSPS) is 17.1. The molecular formula is C18H20N8. The predicted octanol–water partition coefficient (Wildman–Crippen LogP) is 2.49. The van der Waals surface area contributed by atoms with Crippen molar-refractivity contribution in [3.8, 4) is 0 Å². The smallest absolute Gasteiger partial charge is 0.228 e. The number of nitrogens with zero attached hydrogens (tertiary/aromatic N) is 7. The number of hydrogen-bond donors (Lipinski definition) is 1. The van der Waals surface area contributed by atoms with E-state index in [1.165, 1.54) is 0 Å². The number of rotatable bonds is 4. The Bertz CT molecular complexity index is 856. The van der Waals surface area contributed by atoms with Crippen molar-refractivity contribution in [2.24, 2.45) is 0 Å². The standard InChI is InChI=1S/C18H20N8/c1-13-10-15(25-18-21-5-3-6-22-18)24-17(23-13)14-4-2-9-26(12-14)16-11-19-7-8-20-16/h3,5-8,10-11,14H,2,4,9,12H2,1H3,(H,21,22,23,24,25)/t14-/m1/s1. The highest BCUT2D eigenvalue weighted by molar-refractivity contribution is 5.48. The van der Waals surface area contributed by atoms with Crippen LogP contribution in [0.5, 0.6) is 0 Å². The average Bonchev–Trinajstić information content (AvgIpc) is 2.69. The Balaban J connectivity index is 1.55. The maximum absolute atomic E-state index is 4.72. The molecule has 0 aliphatic carbocycles. The SMILES string of the molecule is Cc1cc(Nc2ncccn2)nc([C@@H]2CCCN(c3cnccn3)C2)n1. The molecule has 0 spiro atoms. The maximum Gasteiger partial charge on any atom is 0.228 e. The third kappa shape index (κ3) is 3.74. The number of nitrogens with one attached hydrogen (secondary N) is 1. The van der Waals surface area contributed by atoms with Crippen molar-refractivity contribution in [3.05, 3.63) is 54.6 Å². The lowest BCUT2D eigenvalue weighted by Crippen LogP contribution is -2.35. The number of piperidine rings is 1. The van der Waals surface area contributed by atoms with Crippen LogP contribution >= 0.6 is 0 Å². The van der Waals surface area contributed by atoms with Crippen molar-refractivity contribution < 1.29 is 0 Å². The first-order chi connectivity index (χ1) is 12.8. The molecule has 1 saturated heterocycles. The Hall–Kier alpha value is -3.16. The molecule has 1 atom stereocenters. The molecule has 0 bridgehead atoms. The van der Waals surface area contributed by atoms with E-state index in [-0.39, 0.29) is 5.92 Å². The lowest BCUT2D eigenvalue weighted by Gasteiger charge is -2.32. The van der Waals surface area contributed by atoms with E-state index in [1.807, 2.05) is 13.0 Å². The van der Waals surface area contributed by atoms with E-state index in [4.69, 9.17) is 4.98 Å². The van der Waals surface area contributed by atoms with E-state index >= 15 is 0 Å². The van der Waals surface area contributed by atoms with Crippen LogP contribution in [0.2, 0.25) is 0 Å². The van der Waals surface area contributed by atoms with Gasteiger partial charge < -0.3 is 10.2 Å². The third-order valence-electron chi connectivity index (χ3n) is 4.34. The zero-order valence-electron chi connectivity index (χ0n) is 14.6. The molecule has 0 radical (unpaired) electrons. The summed E-state index contributed by atoms with van der Waals surface area (Å²) in [5.41, 5.74) is 0.921. The predicted molar refractivity (Wildman–Crippen MR) is 98.3 cm³/mol. The van der Waals surface area contributed by atoms with Gasteiger partial charge in [0.25, 0.3) is 0 Å². The molecule has 1 fully saturated rings. The highest BCUT2D eigenvalue weighted by Crippen LogP contribution is 2.28. The summed E-state index contributed by atoms with van der Waals surface area (Å²) in [7, 11) is 0. The fourth-order valence-corrected chi connectivity index (χ4v) is 3.17. The second kappa shape index (κ2) is 7.38. The molecule has 4 rings (SSSR count). The minimum atomic E-state index is 0.253. The van der Waals surface area contributed by atoms with E-state index in [0.717, 1.165) is 49.1 Å². The second-order valence-electron chi connectivity index (χ2n) is 6.30. The van der Waals surface area contributed by atoms with Gasteiger partial charge in [0.1, 0.15) is 17.5 Å². The van der Waals surface area contributed by atoms with Crippen LogP contribution in [0.3, 0.4) is 0 Å². The molecule has 8 nitrogen and oxygen atoms in total. The number of hydrogen-bond acceptors (Lipinski definition) is 8. The molecule has 3 aromatic heterocycles. The summed E-state index contributed by atoms with van der Waals surface area (Å²) in [6.45, 7) is 3.79. The average molecular weight is 348 g/mol. The van der Waals surface area contributed by atoms with Crippen LogP contribution < -0.4 is 10.2 Å². The molecule has 1 aliphatic rings. The summed E-state index contributed by atoms with van der Waals surface area (Å²) in [4.78, 5) is 28.6. The van der Waals surface area contributed by atoms with Crippen LogP contribution in [0, 0.1) is 6.92 Å². The molecule has 0 unspecified atom stereocenters. The Morgan fingerprint density at radius 2 is 1.96 bits per heavy atom. The summed E-state index contributed by atoms with van der Waals surface area (Å²) < 4.78 is 0. The van der Waals surface area contributed by atoms with Gasteiger partial charge in [0.15, 0.2) is 0 Å². The van der Waals surface area contributed by atoms with E-state index in [2.05, 4.69) is 35.1 Å². The van der Waals surface area contributed by atoms with Gasteiger partial charge in [-0.25, -0.2) is 24.9 Å². The van der Waals surface area contributed by atoms with E-state index in [1.54, 1.807) is 37.1 Å². The number of aromatic nitrogens is 6. The monoisotopic (exact) mass is 348 g/mol. The summed E-state index contributed by atoms with van der Waals surface area (Å²) >= 11 is 0. The highest BCUT2D eigenvalue weighted by Gasteiger charge is 2.25. The van der Waals surface area contributed by atoms with Crippen molar-refractivity contribution in [1.82, 2.24) is 29.9 Å². The number of anilines is 3. The lowest BCUT2D eigenvalue weighted by atomic mass is 9.97. The minimum absolute atomic E-state index is 0.253. The first-order valence-electron chi connectivity index (χ1n) is 8.68. The van der Waals surface area contributed by atoms with E-state index in [9.17, 15) is 0 Å². The molecule has 0 amide bonds. The van der Waals surface area contributed by atoms with Crippen molar-refractivity contribution >= 4 is 17.6 Å². The first kappa shape index (κ1) is 16.3. The third-order valence-corrected chi connectivity index (χ3v) is 4.34. The first-order valence-corrected chi connectivity index (χ1v) is 8.68. The van der Waals surface area contributed by atoms with Crippen LogP contribution in [-0.4, -0.2) is 43.0 Å². The Morgan fingerprint density at radius 3 is 2.77 bits per heavy atom. The molecular weight excluding hydrogens is 328 g/mol. The minimum Gasteiger partial charge on any atom is -0.355 e. The second-order valence-corrected chi connectivity index (χ2v) is 6.30. The zero-order valence-corrected chi connectivity index (χ0v) is 14.6. The highest BCUT2D eigenvalue weighted by atomic mass is 15.2. The van der Waals surface area contributed by atoms with E-state index < -0.39 is 0 Å². The quantitative estimate of drug-likeness (QED) is 0.769. The molecule has 3 aromatic rings. The molecule has 8 heteroatoms. The van der Waals surface area contributed by atoms with Crippen molar-refractivity contribution in [3.63, 3.8) is 0 Å². The summed E-state index contributed by atoms with van der Waals surface area (Å²) in [6, 6.07) is 3.69. The molecule has 0 aromatic carbocycles. The topological polar surface area (TPSA) is 92.6 Å². The van der Waals surface area contributed by atoms with E-state index in [0.29, 0.717) is 5.95 Å². The summed E-state index contributed by atoms with van der Waals surface area (Å²) in [5.74, 6) is 3.25. The molecule has 4 heterocycles. The molecule has 26 heavy (non-hydrogen) atoms. The zero-order chi connectivity index (χ0) is 17.8. The molecule has 132 valence electrons. The molecule has 1 N–H and O–H groups in total. The van der Waals surface area contributed by atoms with Gasteiger partial charge in [-0.3, -0.25) is 4.98 Å². The van der Waals surface area contributed by atoms with Crippen LogP contribution in [0.15, 0.2) is 43.1 Å². The van der Waals surface area contributed by atoms with Gasteiger partial charge in [-0.2, -0.15) is 0 Å². The summed E-state index contributed by atoms with van der Waals surface area (Å²) in [5, 5.41) is 3.16. The van der Waals surface area contributed by atoms with Crippen molar-refractivity contribution in [1.29, 1.82) is 0 Å². The Morgan fingerprint density at radius 1 is 1.08 bits per heavy atom. The van der Waals surface area contributed by atoms with Gasteiger partial charge in [0.2, 0.25) is 5.95 Å². The Labute approximate surface area is 151 Å².